The number of carbonyl (C=O) groups is 1. The molecule has 3 aromatic rings. The van der Waals surface area contributed by atoms with Crippen LogP contribution in [0.4, 0.5) is 5.69 Å². The van der Waals surface area contributed by atoms with Crippen LogP contribution >= 0.6 is 31.9 Å². The molecule has 1 aromatic heterocycles. The third-order valence-corrected chi connectivity index (χ3v) is 4.46. The van der Waals surface area contributed by atoms with E-state index in [1.54, 1.807) is 35.9 Å². The Bertz CT molecular complexity index is 931. The van der Waals surface area contributed by atoms with Crippen molar-refractivity contribution in [1.29, 1.82) is 0 Å². The molecule has 0 radical (unpaired) electrons. The van der Waals surface area contributed by atoms with E-state index in [2.05, 4.69) is 42.1 Å². The maximum atomic E-state index is 12.1. The molecule has 3 rings (SSSR count). The average molecular weight is 437 g/mol. The van der Waals surface area contributed by atoms with E-state index in [0.717, 1.165) is 14.5 Å². The molecule has 0 spiro atoms. The minimum absolute atomic E-state index is 0.0366. The van der Waals surface area contributed by atoms with Crippen LogP contribution in [0.15, 0.2) is 61.6 Å². The molecule has 1 heterocycles. The van der Waals surface area contributed by atoms with Crippen molar-refractivity contribution in [3.8, 4) is 5.88 Å². The summed E-state index contributed by atoms with van der Waals surface area (Å²) in [5, 5.41) is 18.6. The Kier molecular flexibility index (Phi) is 4.32. The Morgan fingerprint density at radius 3 is 2.43 bits per heavy atom. The van der Waals surface area contributed by atoms with Gasteiger partial charge in [0.05, 0.1) is 5.52 Å². The lowest BCUT2D eigenvalue weighted by Gasteiger charge is -1.96. The Balaban J connectivity index is 2.01. The molecule has 2 aromatic carbocycles. The predicted octanol–water partition coefficient (Wildman–Crippen LogP) is 5.33. The molecule has 1 N–H and O–H groups in total. The predicted molar refractivity (Wildman–Crippen MR) is 95.3 cm³/mol. The van der Waals surface area contributed by atoms with Crippen molar-refractivity contribution in [1.82, 2.24) is 4.57 Å². The number of hydrogen-bond donors (Lipinski definition) is 1. The number of nitrogens with zero attached hydrogens (tertiary/aromatic N) is 3. The fourth-order valence-corrected chi connectivity index (χ4v) is 2.85. The highest BCUT2D eigenvalue weighted by atomic mass is 79.9. The van der Waals surface area contributed by atoms with Crippen molar-refractivity contribution >= 4 is 54.4 Å². The molecule has 0 atom stereocenters. The highest BCUT2D eigenvalue weighted by Crippen LogP contribution is 2.39. The Labute approximate surface area is 148 Å². The van der Waals surface area contributed by atoms with Gasteiger partial charge in [0.25, 0.3) is 5.91 Å². The van der Waals surface area contributed by atoms with E-state index in [1.807, 2.05) is 18.2 Å². The third-order valence-electron chi connectivity index (χ3n) is 3.44. The zero-order valence-electron chi connectivity index (χ0n) is 12.0. The van der Waals surface area contributed by atoms with Gasteiger partial charge >= 0.3 is 0 Å². The first kappa shape index (κ1) is 15.9. The standard InChI is InChI=1S/C16H11Br2N3O2/c1-21-13-7-6-11(18)8-12(13)14(16(21)23)19-20-15(22)9-2-4-10(17)5-3-9/h2-8,23H,1H3. The topological polar surface area (TPSA) is 66.9 Å². The first-order valence-electron chi connectivity index (χ1n) is 6.66. The zero-order valence-corrected chi connectivity index (χ0v) is 15.2. The lowest BCUT2D eigenvalue weighted by atomic mass is 10.2. The van der Waals surface area contributed by atoms with Gasteiger partial charge in [0.1, 0.15) is 0 Å². The van der Waals surface area contributed by atoms with Crippen LogP contribution in [0.3, 0.4) is 0 Å². The van der Waals surface area contributed by atoms with E-state index in [9.17, 15) is 9.90 Å². The average Bonchev–Trinajstić information content (AvgIpc) is 2.77. The Morgan fingerprint density at radius 1 is 1.09 bits per heavy atom. The van der Waals surface area contributed by atoms with E-state index in [0.29, 0.717) is 10.9 Å². The third kappa shape index (κ3) is 3.07. The van der Waals surface area contributed by atoms with Gasteiger partial charge in [-0.1, -0.05) is 31.9 Å². The maximum Gasteiger partial charge on any atom is 0.295 e. The molecule has 0 bridgehead atoms. The highest BCUT2D eigenvalue weighted by Gasteiger charge is 2.15. The largest absolute Gasteiger partial charge is 0.493 e. The second-order valence-corrected chi connectivity index (χ2v) is 6.74. The maximum absolute atomic E-state index is 12.1. The van der Waals surface area contributed by atoms with Crippen LogP contribution in [0.5, 0.6) is 5.88 Å². The molecule has 1 amide bonds. The second-order valence-electron chi connectivity index (χ2n) is 4.90. The van der Waals surface area contributed by atoms with Gasteiger partial charge in [-0.05, 0) is 42.5 Å². The first-order valence-corrected chi connectivity index (χ1v) is 8.24. The highest BCUT2D eigenvalue weighted by molar-refractivity contribution is 9.10. The number of azo groups is 1. The number of aryl methyl sites for hydroxylation is 1. The van der Waals surface area contributed by atoms with Gasteiger partial charge in [0.15, 0.2) is 5.69 Å². The van der Waals surface area contributed by atoms with Crippen molar-refractivity contribution in [2.45, 2.75) is 0 Å². The van der Waals surface area contributed by atoms with Crippen LogP contribution in [0.25, 0.3) is 10.9 Å². The van der Waals surface area contributed by atoms with Crippen molar-refractivity contribution in [3.05, 3.63) is 57.0 Å². The van der Waals surface area contributed by atoms with E-state index in [4.69, 9.17) is 0 Å². The summed E-state index contributed by atoms with van der Waals surface area (Å²) in [7, 11) is 1.72. The summed E-state index contributed by atoms with van der Waals surface area (Å²) in [5.41, 5.74) is 1.50. The quantitative estimate of drug-likeness (QED) is 0.551. The van der Waals surface area contributed by atoms with E-state index in [1.165, 1.54) is 0 Å². The van der Waals surface area contributed by atoms with Crippen LogP contribution < -0.4 is 0 Å². The number of halogens is 2. The van der Waals surface area contributed by atoms with Gasteiger partial charge in [0.2, 0.25) is 5.88 Å². The molecule has 0 aliphatic rings. The Hall–Kier alpha value is -1.99. The lowest BCUT2D eigenvalue weighted by molar-refractivity contribution is 0.0995. The summed E-state index contributed by atoms with van der Waals surface area (Å²) >= 11 is 6.70. The second kappa shape index (κ2) is 6.25. The van der Waals surface area contributed by atoms with E-state index < -0.39 is 5.91 Å². The summed E-state index contributed by atoms with van der Waals surface area (Å²) in [5.74, 6) is -0.505. The van der Waals surface area contributed by atoms with Crippen molar-refractivity contribution < 1.29 is 9.90 Å². The fourth-order valence-electron chi connectivity index (χ4n) is 2.23. The zero-order chi connectivity index (χ0) is 16.6. The van der Waals surface area contributed by atoms with Gasteiger partial charge < -0.3 is 9.67 Å². The van der Waals surface area contributed by atoms with Gasteiger partial charge in [-0.15, -0.1) is 10.2 Å². The van der Waals surface area contributed by atoms with Crippen LogP contribution in [0.2, 0.25) is 0 Å². The minimum Gasteiger partial charge on any atom is -0.493 e. The van der Waals surface area contributed by atoms with Gasteiger partial charge in [-0.2, -0.15) is 0 Å². The molecule has 116 valence electrons. The van der Waals surface area contributed by atoms with Gasteiger partial charge in [0, 0.05) is 26.9 Å². The van der Waals surface area contributed by atoms with Crippen LogP contribution in [-0.2, 0) is 7.05 Å². The minimum atomic E-state index is -0.469. The molecule has 0 unspecified atom stereocenters. The number of rotatable bonds is 2. The number of fused-ring (bicyclic) bond motifs is 1. The molecule has 0 fully saturated rings. The van der Waals surface area contributed by atoms with Crippen LogP contribution in [0, 0.1) is 0 Å². The summed E-state index contributed by atoms with van der Waals surface area (Å²) in [6.45, 7) is 0. The summed E-state index contributed by atoms with van der Waals surface area (Å²) in [6.07, 6.45) is 0. The molecule has 23 heavy (non-hydrogen) atoms. The molecule has 0 saturated carbocycles. The molecule has 0 aliphatic heterocycles. The molecule has 0 saturated heterocycles. The lowest BCUT2D eigenvalue weighted by Crippen LogP contribution is -1.92. The number of carbonyl (C=O) groups excluding carboxylic acids is 1. The van der Waals surface area contributed by atoms with Gasteiger partial charge in [-0.3, -0.25) is 4.79 Å². The summed E-state index contributed by atoms with van der Waals surface area (Å²) in [6, 6.07) is 12.4. The van der Waals surface area contributed by atoms with Crippen molar-refractivity contribution in [3.63, 3.8) is 0 Å². The molecule has 7 heteroatoms. The fraction of sp³-hybridized carbons (Fsp3) is 0.0625. The normalized spacial score (nSPS) is 11.4. The molecular weight excluding hydrogens is 426 g/mol. The van der Waals surface area contributed by atoms with Crippen molar-refractivity contribution in [2.24, 2.45) is 17.3 Å². The first-order chi connectivity index (χ1) is 11.0. The smallest absolute Gasteiger partial charge is 0.295 e. The molecule has 5 nitrogen and oxygen atoms in total. The monoisotopic (exact) mass is 435 g/mol. The van der Waals surface area contributed by atoms with E-state index >= 15 is 0 Å². The summed E-state index contributed by atoms with van der Waals surface area (Å²) < 4.78 is 3.33. The van der Waals surface area contributed by atoms with Crippen LogP contribution in [-0.4, -0.2) is 15.6 Å². The SMILES string of the molecule is Cn1c(O)c(N=NC(=O)c2ccc(Br)cc2)c2cc(Br)ccc21. The molecule has 0 aliphatic carbocycles. The Morgan fingerprint density at radius 2 is 1.74 bits per heavy atom. The number of benzene rings is 2. The van der Waals surface area contributed by atoms with E-state index in [-0.39, 0.29) is 11.6 Å². The number of amides is 1. The number of hydrogen-bond acceptors (Lipinski definition) is 3. The number of aromatic hydroxyl groups is 1. The van der Waals surface area contributed by atoms with Crippen LogP contribution in [0.1, 0.15) is 10.4 Å². The number of aromatic nitrogens is 1. The molecular formula is C16H11Br2N3O2. The van der Waals surface area contributed by atoms with Crippen molar-refractivity contribution in [2.75, 3.05) is 0 Å². The van der Waals surface area contributed by atoms with Gasteiger partial charge in [-0.25, -0.2) is 0 Å². The summed E-state index contributed by atoms with van der Waals surface area (Å²) in [4.78, 5) is 12.1.